The van der Waals surface area contributed by atoms with Gasteiger partial charge in [0.25, 0.3) is 0 Å². The van der Waals surface area contributed by atoms with Crippen LogP contribution in [0.25, 0.3) is 22.3 Å². The molecule has 0 aliphatic carbocycles. The fourth-order valence-corrected chi connectivity index (χ4v) is 8.90. The third-order valence-electron chi connectivity index (χ3n) is 12.6. The van der Waals surface area contributed by atoms with Crippen molar-refractivity contribution in [2.24, 2.45) is 0 Å². The smallest absolute Gasteiger partial charge is 0.414 e. The molecule has 2 fully saturated rings. The molecule has 2 aromatic carbocycles. The number of rotatable bonds is 22. The molecule has 2 aliphatic rings. The van der Waals surface area contributed by atoms with Crippen molar-refractivity contribution in [2.45, 2.75) is 53.1 Å². The van der Waals surface area contributed by atoms with Gasteiger partial charge < -0.3 is 57.2 Å². The van der Waals surface area contributed by atoms with Crippen LogP contribution < -0.4 is 28.4 Å². The summed E-state index contributed by atoms with van der Waals surface area (Å²) in [5.41, 5.74) is 6.03. The normalized spacial score (nSPS) is 14.4. The Labute approximate surface area is 432 Å². The number of pyridine rings is 2. The molecule has 0 atom stereocenters. The molecule has 0 spiro atoms. The van der Waals surface area contributed by atoms with Gasteiger partial charge in [-0.1, -0.05) is 0 Å². The molecule has 22 heteroatoms. The first-order valence-corrected chi connectivity index (χ1v) is 24.7. The first-order chi connectivity index (χ1) is 36.0. The number of carboxylic acids is 2. The van der Waals surface area contributed by atoms with Crippen LogP contribution in [0.5, 0.6) is 34.5 Å². The van der Waals surface area contributed by atoms with Crippen molar-refractivity contribution in [1.82, 2.24) is 48.7 Å². The molecule has 0 bridgehead atoms. The molecule has 402 valence electrons. The Balaban J connectivity index is 0.000000217. The quantitative estimate of drug-likeness (QED) is 0.0690. The topological polar surface area (TPSA) is 223 Å². The van der Waals surface area contributed by atoms with E-state index in [1.807, 2.05) is 74.8 Å². The van der Waals surface area contributed by atoms with Crippen LogP contribution in [0, 0.1) is 0 Å². The largest absolute Gasteiger partial charge is 0.493 e. The Morgan fingerprint density at radius 1 is 0.500 bits per heavy atom. The van der Waals surface area contributed by atoms with Gasteiger partial charge in [-0.2, -0.15) is 0 Å². The molecule has 8 rings (SSSR count). The SMILES string of the molecule is CCOCCn1c(CN2CCN(Cc3cc(OC)c(OC)c(OC)c3)CC2)nc2cccnc21.CCOCCn1c(CN2CCN(Cc3cc(OC)c(OC)c(OC)c3)CC2)nc2cccnc21.O=C(O)C(=O)O. The predicted molar refractivity (Wildman–Crippen MR) is 277 cm³/mol. The second-order valence-electron chi connectivity index (χ2n) is 17.2. The lowest BCUT2D eigenvalue weighted by Crippen LogP contribution is -2.45. The Kier molecular flexibility index (Phi) is 21.8. The van der Waals surface area contributed by atoms with Crippen LogP contribution >= 0.6 is 0 Å². The molecule has 6 aromatic rings. The number of ether oxygens (including phenoxy) is 8. The summed E-state index contributed by atoms with van der Waals surface area (Å²) in [7, 11) is 9.85. The lowest BCUT2D eigenvalue weighted by molar-refractivity contribution is -0.159. The molecule has 0 amide bonds. The van der Waals surface area contributed by atoms with E-state index < -0.39 is 11.9 Å². The van der Waals surface area contributed by atoms with Gasteiger partial charge in [-0.25, -0.2) is 29.5 Å². The molecule has 2 saturated heterocycles. The van der Waals surface area contributed by atoms with Crippen molar-refractivity contribution >= 4 is 34.3 Å². The van der Waals surface area contributed by atoms with Crippen LogP contribution in [0.4, 0.5) is 0 Å². The Morgan fingerprint density at radius 2 is 0.824 bits per heavy atom. The molecule has 4 aromatic heterocycles. The molecular weight excluding hydrogens is 957 g/mol. The standard InChI is InChI=1S/2C25H35N5O4.C2H2O4/c2*1-5-34-14-13-30-23(27-20-7-6-8-26-25(20)30)18-29-11-9-28(10-12-29)17-19-15-21(31-2)24(33-4)22(16-19)32-3;3-1(4)2(5)6/h2*6-8,15-16H,5,9-14,17-18H2,1-4H3;(H,3,4)(H,5,6). The predicted octanol–water partition coefficient (Wildman–Crippen LogP) is 4.78. The summed E-state index contributed by atoms with van der Waals surface area (Å²) in [4.78, 5) is 46.9. The number of hydrogen-bond donors (Lipinski definition) is 2. The molecule has 0 saturated carbocycles. The number of aliphatic carboxylic acids is 2. The van der Waals surface area contributed by atoms with Crippen LogP contribution in [-0.4, -0.2) is 192 Å². The summed E-state index contributed by atoms with van der Waals surface area (Å²) in [6, 6.07) is 16.0. The lowest BCUT2D eigenvalue weighted by atomic mass is 10.1. The maximum Gasteiger partial charge on any atom is 0.414 e. The van der Waals surface area contributed by atoms with Gasteiger partial charge >= 0.3 is 11.9 Å². The van der Waals surface area contributed by atoms with Crippen LogP contribution in [0.15, 0.2) is 60.9 Å². The van der Waals surface area contributed by atoms with E-state index in [0.717, 1.165) is 137 Å². The minimum absolute atomic E-state index is 0.625. The summed E-state index contributed by atoms with van der Waals surface area (Å²) in [5, 5.41) is 14.8. The van der Waals surface area contributed by atoms with Crippen LogP contribution in [0.3, 0.4) is 0 Å². The number of methoxy groups -OCH3 is 6. The van der Waals surface area contributed by atoms with Crippen LogP contribution in [0.1, 0.15) is 36.6 Å². The monoisotopic (exact) mass is 1030 g/mol. The summed E-state index contributed by atoms with van der Waals surface area (Å²) in [6.07, 6.45) is 3.65. The number of hydrogen-bond acceptors (Lipinski definition) is 18. The average Bonchev–Trinajstić information content (AvgIpc) is 3.95. The van der Waals surface area contributed by atoms with E-state index in [9.17, 15) is 0 Å². The molecular formula is C52H72N10O12. The second-order valence-corrected chi connectivity index (χ2v) is 17.2. The molecule has 2 N–H and O–H groups in total. The molecule has 74 heavy (non-hydrogen) atoms. The number of benzene rings is 2. The first-order valence-electron chi connectivity index (χ1n) is 24.7. The number of fused-ring (bicyclic) bond motifs is 2. The molecule has 2 aliphatic heterocycles. The van der Waals surface area contributed by atoms with E-state index in [4.69, 9.17) is 67.7 Å². The van der Waals surface area contributed by atoms with E-state index in [1.165, 1.54) is 0 Å². The minimum Gasteiger partial charge on any atom is -0.493 e. The lowest BCUT2D eigenvalue weighted by Gasteiger charge is -2.34. The van der Waals surface area contributed by atoms with Gasteiger partial charge in [0.15, 0.2) is 34.3 Å². The Bertz CT molecular complexity index is 2480. The third-order valence-corrected chi connectivity index (χ3v) is 12.6. The second kappa shape index (κ2) is 28.6. The molecule has 6 heterocycles. The minimum atomic E-state index is -1.82. The van der Waals surface area contributed by atoms with E-state index >= 15 is 0 Å². The summed E-state index contributed by atoms with van der Waals surface area (Å²) in [6.45, 7) is 19.4. The maximum absolute atomic E-state index is 9.10. The van der Waals surface area contributed by atoms with Gasteiger partial charge in [-0.15, -0.1) is 0 Å². The number of carbonyl (C=O) groups is 2. The van der Waals surface area contributed by atoms with Crippen LogP contribution in [0.2, 0.25) is 0 Å². The summed E-state index contributed by atoms with van der Waals surface area (Å²) < 4.78 is 48.5. The highest BCUT2D eigenvalue weighted by Crippen LogP contribution is 2.40. The molecule has 0 unspecified atom stereocenters. The average molecular weight is 1030 g/mol. The van der Waals surface area contributed by atoms with Crippen molar-refractivity contribution < 1.29 is 57.7 Å². The zero-order valence-corrected chi connectivity index (χ0v) is 44.0. The van der Waals surface area contributed by atoms with E-state index in [2.05, 4.69) is 38.7 Å². The van der Waals surface area contributed by atoms with Gasteiger partial charge in [0.2, 0.25) is 11.5 Å². The summed E-state index contributed by atoms with van der Waals surface area (Å²) >= 11 is 0. The van der Waals surface area contributed by atoms with Crippen molar-refractivity contribution in [2.75, 3.05) is 121 Å². The number of nitrogens with zero attached hydrogens (tertiary/aromatic N) is 10. The van der Waals surface area contributed by atoms with Crippen molar-refractivity contribution in [3.05, 3.63) is 83.7 Å². The first kappa shape index (κ1) is 56.5. The Hall–Kier alpha value is -6.82. The highest BCUT2D eigenvalue weighted by molar-refractivity contribution is 6.27. The fraction of sp³-hybridized carbons (Fsp3) is 0.500. The number of piperazine rings is 2. The number of aromatic nitrogens is 6. The van der Waals surface area contributed by atoms with Gasteiger partial charge in [0.05, 0.1) is 69.0 Å². The van der Waals surface area contributed by atoms with Crippen molar-refractivity contribution in [3.8, 4) is 34.5 Å². The number of carboxylic acid groups (broad SMARTS) is 2. The van der Waals surface area contributed by atoms with Crippen LogP contribution in [-0.2, 0) is 58.3 Å². The van der Waals surface area contributed by atoms with Crippen molar-refractivity contribution in [1.29, 1.82) is 0 Å². The summed E-state index contributed by atoms with van der Waals surface area (Å²) in [5.74, 6) is 2.46. The van der Waals surface area contributed by atoms with E-state index in [-0.39, 0.29) is 0 Å². The van der Waals surface area contributed by atoms with E-state index in [0.29, 0.717) is 60.9 Å². The number of imidazole rings is 2. The maximum atomic E-state index is 9.10. The Morgan fingerprint density at radius 3 is 1.11 bits per heavy atom. The fourth-order valence-electron chi connectivity index (χ4n) is 8.90. The zero-order chi connectivity index (χ0) is 53.0. The zero-order valence-electron chi connectivity index (χ0n) is 44.0. The van der Waals surface area contributed by atoms with Gasteiger partial charge in [0, 0.05) is 104 Å². The molecule has 0 radical (unpaired) electrons. The highest BCUT2D eigenvalue weighted by Gasteiger charge is 2.24. The highest BCUT2D eigenvalue weighted by atomic mass is 16.5. The van der Waals surface area contributed by atoms with E-state index in [1.54, 1.807) is 42.7 Å². The van der Waals surface area contributed by atoms with Crippen molar-refractivity contribution in [3.63, 3.8) is 0 Å². The van der Waals surface area contributed by atoms with Gasteiger partial charge in [-0.05, 0) is 73.5 Å². The third kappa shape index (κ3) is 15.1. The van der Waals surface area contributed by atoms with Gasteiger partial charge in [-0.3, -0.25) is 19.6 Å². The van der Waals surface area contributed by atoms with Gasteiger partial charge in [0.1, 0.15) is 22.7 Å². The molecule has 22 nitrogen and oxygen atoms in total.